The average molecular weight is 221 g/mol. The van der Waals surface area contributed by atoms with Crippen LogP contribution in [0.2, 0.25) is 0 Å². The number of hydrogen-bond donors (Lipinski definition) is 1. The molecule has 0 rings (SSSR count). The molecule has 0 saturated heterocycles. The van der Waals surface area contributed by atoms with E-state index in [4.69, 9.17) is 9.90 Å². The third-order valence-electron chi connectivity index (χ3n) is 0.348. The van der Waals surface area contributed by atoms with Crippen LogP contribution in [0, 0.1) is 0 Å². The summed E-state index contributed by atoms with van der Waals surface area (Å²) < 4.78 is 4.40. The summed E-state index contributed by atoms with van der Waals surface area (Å²) in [6.45, 7) is 4.74. The summed E-state index contributed by atoms with van der Waals surface area (Å²) >= 11 is 0. The first-order valence-corrected chi connectivity index (χ1v) is 2.83. The third kappa shape index (κ3) is 109. The Kier molecular flexibility index (Phi) is 31.7. The maximum absolute atomic E-state index is 9.82. The van der Waals surface area contributed by atoms with Gasteiger partial charge in [0.15, 0.2) is 0 Å². The molecule has 1 N–H and O–H groups in total. The van der Waals surface area contributed by atoms with Gasteiger partial charge in [0.2, 0.25) is 0 Å². The van der Waals surface area contributed by atoms with Crippen molar-refractivity contribution in [3.8, 4) is 0 Å². The van der Waals surface area contributed by atoms with Crippen molar-refractivity contribution in [2.45, 2.75) is 20.8 Å². The number of rotatable bonds is 1. The molecule has 0 aliphatic rings. The van der Waals surface area contributed by atoms with Crippen molar-refractivity contribution >= 4 is 36.8 Å². The Morgan fingerprint density at radius 3 is 1.50 bits per heavy atom. The fraction of sp³-hybridized carbons (Fsp3) is 0.667. The smallest absolute Gasteiger partial charge is 0.302 e. The number of aliphatic carboxylic acids is 1. The van der Waals surface area contributed by atoms with Crippen molar-refractivity contribution in [2.24, 2.45) is 0 Å². The predicted octanol–water partition coefficient (Wildman–Crippen LogP) is 1.50. The normalized spacial score (nSPS) is 5.92. The molecule has 0 saturated carbocycles. The van der Waals surface area contributed by atoms with Crippen LogP contribution in [0.15, 0.2) is 0 Å². The van der Waals surface area contributed by atoms with Gasteiger partial charge in [-0.25, -0.2) is 0 Å². The minimum atomic E-state index is -0.833. The van der Waals surface area contributed by atoms with Crippen LogP contribution in [0.4, 0.5) is 0 Å². The number of carbonyl (C=O) groups excluding carboxylic acids is 1. The summed E-state index contributed by atoms with van der Waals surface area (Å²) in [5.74, 6) is -1.04. The van der Waals surface area contributed by atoms with Gasteiger partial charge in [0.05, 0.1) is 6.61 Å². The highest BCUT2D eigenvalue weighted by atomic mass is 35.5. The van der Waals surface area contributed by atoms with Crippen LogP contribution in [0.5, 0.6) is 0 Å². The lowest BCUT2D eigenvalue weighted by Gasteiger charge is -1.89. The van der Waals surface area contributed by atoms with Crippen molar-refractivity contribution < 1.29 is 19.4 Å². The van der Waals surface area contributed by atoms with Gasteiger partial charge in [0, 0.05) is 13.8 Å². The van der Waals surface area contributed by atoms with Gasteiger partial charge in [-0.1, -0.05) is 0 Å². The monoisotopic (exact) mass is 220 g/mol. The Morgan fingerprint density at radius 1 is 1.25 bits per heavy atom. The summed E-state index contributed by atoms with van der Waals surface area (Å²) in [5.41, 5.74) is 0. The second kappa shape index (κ2) is 16.9. The first kappa shape index (κ1) is 22.5. The van der Waals surface area contributed by atoms with Crippen LogP contribution in [0.1, 0.15) is 20.8 Å². The summed E-state index contributed by atoms with van der Waals surface area (Å²) in [7, 11) is 0. The molecule has 0 heterocycles. The van der Waals surface area contributed by atoms with E-state index in [9.17, 15) is 4.79 Å². The lowest BCUT2D eigenvalue weighted by molar-refractivity contribution is -0.140. The Labute approximate surface area is 84.1 Å². The number of ether oxygens (including phenoxy) is 1. The van der Waals surface area contributed by atoms with Crippen LogP contribution < -0.4 is 0 Å². The van der Waals surface area contributed by atoms with E-state index in [0.29, 0.717) is 6.61 Å². The lowest BCUT2D eigenvalue weighted by atomic mass is 10.8. The Morgan fingerprint density at radius 2 is 1.50 bits per heavy atom. The second-order valence-electron chi connectivity index (χ2n) is 1.44. The topological polar surface area (TPSA) is 63.6 Å². The van der Waals surface area contributed by atoms with Crippen molar-refractivity contribution in [1.29, 1.82) is 0 Å². The third-order valence-corrected chi connectivity index (χ3v) is 0.348. The van der Waals surface area contributed by atoms with Crippen molar-refractivity contribution in [2.75, 3.05) is 6.61 Å². The van der Waals surface area contributed by atoms with E-state index in [1.165, 1.54) is 6.92 Å². The molecule has 0 aliphatic heterocycles. The first-order valence-electron chi connectivity index (χ1n) is 2.83. The van der Waals surface area contributed by atoms with Gasteiger partial charge in [0.1, 0.15) is 0 Å². The fourth-order valence-electron chi connectivity index (χ4n) is 0.203. The van der Waals surface area contributed by atoms with Gasteiger partial charge < -0.3 is 9.84 Å². The van der Waals surface area contributed by atoms with Crippen molar-refractivity contribution in [3.63, 3.8) is 0 Å². The predicted molar refractivity (Wildman–Crippen MR) is 50.1 cm³/mol. The Balaban J connectivity index is -0.0000000483. The molecule has 0 atom stereocenters. The van der Waals surface area contributed by atoms with E-state index in [0.717, 1.165) is 6.92 Å². The van der Waals surface area contributed by atoms with E-state index in [2.05, 4.69) is 4.74 Å². The van der Waals surface area contributed by atoms with E-state index >= 15 is 0 Å². The number of esters is 1. The van der Waals surface area contributed by atoms with E-state index in [1.54, 1.807) is 6.92 Å². The minimum Gasteiger partial charge on any atom is -0.481 e. The highest BCUT2D eigenvalue weighted by Gasteiger charge is 1.81. The molecule has 6 heteroatoms. The molecule has 0 fully saturated rings. The number of carboxylic acids is 1. The van der Waals surface area contributed by atoms with E-state index < -0.39 is 5.97 Å². The molecular weight excluding hydrogens is 207 g/mol. The fourth-order valence-corrected chi connectivity index (χ4v) is 0.203. The molecule has 4 nitrogen and oxygen atoms in total. The summed E-state index contributed by atoms with van der Waals surface area (Å²) in [6, 6.07) is 0. The quantitative estimate of drug-likeness (QED) is 0.681. The molecule has 12 heavy (non-hydrogen) atoms. The largest absolute Gasteiger partial charge is 0.481 e. The number of carboxylic acid groups (broad SMARTS) is 1. The summed E-state index contributed by atoms with van der Waals surface area (Å²) in [4.78, 5) is 18.8. The maximum Gasteiger partial charge on any atom is 0.302 e. The molecule has 0 aliphatic carbocycles. The maximum atomic E-state index is 9.82. The molecule has 0 bridgehead atoms. The van der Waals surface area contributed by atoms with Crippen LogP contribution in [-0.4, -0.2) is 23.7 Å². The SMILES string of the molecule is CC(=O)O.CCOC(C)=O.Cl.Cl. The summed E-state index contributed by atoms with van der Waals surface area (Å²) in [5, 5.41) is 7.42. The number of halogens is 2. The van der Waals surface area contributed by atoms with Gasteiger partial charge in [-0.3, -0.25) is 9.59 Å². The van der Waals surface area contributed by atoms with Gasteiger partial charge in [-0.15, -0.1) is 24.8 Å². The number of carbonyl (C=O) groups is 2. The summed E-state index contributed by atoms with van der Waals surface area (Å²) in [6.07, 6.45) is 0. The molecule has 0 amide bonds. The van der Waals surface area contributed by atoms with Crippen LogP contribution in [0.3, 0.4) is 0 Å². The van der Waals surface area contributed by atoms with Gasteiger partial charge >= 0.3 is 5.97 Å². The van der Waals surface area contributed by atoms with Crippen molar-refractivity contribution in [1.82, 2.24) is 0 Å². The van der Waals surface area contributed by atoms with Gasteiger partial charge in [0.25, 0.3) is 5.97 Å². The molecule has 0 aromatic rings. The zero-order valence-electron chi connectivity index (χ0n) is 7.20. The molecule has 0 spiro atoms. The van der Waals surface area contributed by atoms with Gasteiger partial charge in [-0.05, 0) is 6.92 Å². The highest BCUT2D eigenvalue weighted by Crippen LogP contribution is 1.69. The Hall–Kier alpha value is -0.480. The standard InChI is InChI=1S/C4H8O2.C2H4O2.2ClH/c1-3-6-4(2)5;1-2(3)4;;/h3H2,1-2H3;1H3,(H,3,4);2*1H. The molecule has 0 aromatic heterocycles. The molecule has 0 aromatic carbocycles. The molecule has 0 unspecified atom stereocenters. The number of hydrogen-bond acceptors (Lipinski definition) is 3. The van der Waals surface area contributed by atoms with E-state index in [-0.39, 0.29) is 30.8 Å². The lowest BCUT2D eigenvalue weighted by Crippen LogP contribution is -1.95. The van der Waals surface area contributed by atoms with Crippen LogP contribution >= 0.6 is 24.8 Å². The molecule has 0 radical (unpaired) electrons. The van der Waals surface area contributed by atoms with Crippen molar-refractivity contribution in [3.05, 3.63) is 0 Å². The van der Waals surface area contributed by atoms with E-state index in [1.807, 2.05) is 0 Å². The van der Waals surface area contributed by atoms with Gasteiger partial charge in [-0.2, -0.15) is 0 Å². The Bertz CT molecular complexity index is 112. The zero-order chi connectivity index (χ0) is 8.57. The first-order chi connectivity index (χ1) is 4.50. The minimum absolute atomic E-state index is 0. The molecular formula is C6H14Cl2O4. The average Bonchev–Trinajstić information content (AvgIpc) is 1.62. The van der Waals surface area contributed by atoms with Crippen LogP contribution in [-0.2, 0) is 14.3 Å². The highest BCUT2D eigenvalue weighted by molar-refractivity contribution is 5.85. The molecule has 76 valence electrons. The second-order valence-corrected chi connectivity index (χ2v) is 1.44. The zero-order valence-corrected chi connectivity index (χ0v) is 8.83. The van der Waals surface area contributed by atoms with Crippen LogP contribution in [0.25, 0.3) is 0 Å².